The van der Waals surface area contributed by atoms with E-state index in [1.807, 2.05) is 0 Å². The van der Waals surface area contributed by atoms with Gasteiger partial charge in [-0.05, 0) is 42.3 Å². The maximum Gasteiger partial charge on any atom is 0.241 e. The number of alkyl halides is 1. The van der Waals surface area contributed by atoms with Crippen LogP contribution in [0.5, 0.6) is 0 Å². The molecule has 1 heterocycles. The highest BCUT2D eigenvalue weighted by molar-refractivity contribution is 9.11. The summed E-state index contributed by atoms with van der Waals surface area (Å²) in [6.45, 7) is 3.59. The van der Waals surface area contributed by atoms with Crippen molar-refractivity contribution in [1.82, 2.24) is 4.72 Å². The minimum atomic E-state index is -3.42. The number of thiophene rings is 1. The highest BCUT2D eigenvalue weighted by Gasteiger charge is 2.21. The summed E-state index contributed by atoms with van der Waals surface area (Å²) in [6, 6.07) is 1.47. The van der Waals surface area contributed by atoms with Crippen LogP contribution >= 0.6 is 38.9 Å². The molecule has 0 fully saturated rings. The predicted molar refractivity (Wildman–Crippen MR) is 71.9 cm³/mol. The van der Waals surface area contributed by atoms with Crippen molar-refractivity contribution in [3.05, 3.63) is 14.7 Å². The van der Waals surface area contributed by atoms with Gasteiger partial charge in [0.25, 0.3) is 0 Å². The quantitative estimate of drug-likeness (QED) is 0.833. The lowest BCUT2D eigenvalue weighted by molar-refractivity contribution is 0.556. The summed E-state index contributed by atoms with van der Waals surface area (Å²) in [5.41, 5.74) is 0. The molecule has 1 atom stereocenters. The zero-order chi connectivity index (χ0) is 12.3. The molecule has 0 radical (unpaired) electrons. The molecule has 0 saturated heterocycles. The highest BCUT2D eigenvalue weighted by Crippen LogP contribution is 2.29. The van der Waals surface area contributed by atoms with E-state index in [-0.39, 0.29) is 6.04 Å². The molecule has 16 heavy (non-hydrogen) atoms. The molecule has 0 bridgehead atoms. The van der Waals surface area contributed by atoms with E-state index in [9.17, 15) is 8.42 Å². The van der Waals surface area contributed by atoms with Gasteiger partial charge in [-0.3, -0.25) is 0 Å². The Kier molecular flexibility index (Phi) is 5.25. The van der Waals surface area contributed by atoms with E-state index < -0.39 is 10.0 Å². The van der Waals surface area contributed by atoms with E-state index in [0.717, 1.165) is 8.66 Å². The molecule has 0 aliphatic carbocycles. The summed E-state index contributed by atoms with van der Waals surface area (Å²) >= 11 is 10.3. The standard InChI is InChI=1S/C9H13BrClNO2S2/c1-6(3-4-11)12-16(13,14)8-5-9(10)15-7(8)2/h5-6,12H,3-4H2,1-2H3. The molecule has 1 rings (SSSR count). The second kappa shape index (κ2) is 5.82. The second-order valence-corrected chi connectivity index (χ2v) is 8.17. The Balaban J connectivity index is 2.90. The minimum Gasteiger partial charge on any atom is -0.208 e. The number of nitrogens with one attached hydrogen (secondary N) is 1. The summed E-state index contributed by atoms with van der Waals surface area (Å²) in [5.74, 6) is 0.440. The minimum absolute atomic E-state index is 0.152. The smallest absolute Gasteiger partial charge is 0.208 e. The van der Waals surface area contributed by atoms with Crippen LogP contribution in [0.1, 0.15) is 18.2 Å². The monoisotopic (exact) mass is 345 g/mol. The zero-order valence-electron chi connectivity index (χ0n) is 8.96. The third kappa shape index (κ3) is 3.70. The molecule has 1 aromatic rings. The molecular weight excluding hydrogens is 334 g/mol. The van der Waals surface area contributed by atoms with Crippen molar-refractivity contribution in [2.45, 2.75) is 31.2 Å². The maximum absolute atomic E-state index is 12.0. The SMILES string of the molecule is Cc1sc(Br)cc1S(=O)(=O)NC(C)CCCl. The van der Waals surface area contributed by atoms with Crippen molar-refractivity contribution in [3.8, 4) is 0 Å². The van der Waals surface area contributed by atoms with Gasteiger partial charge in [0.15, 0.2) is 0 Å². The van der Waals surface area contributed by atoms with E-state index in [0.29, 0.717) is 17.2 Å². The third-order valence-corrected chi connectivity index (χ3v) is 5.65. The van der Waals surface area contributed by atoms with E-state index in [1.54, 1.807) is 19.9 Å². The van der Waals surface area contributed by atoms with Gasteiger partial charge in [0, 0.05) is 16.8 Å². The van der Waals surface area contributed by atoms with Crippen LogP contribution in [0, 0.1) is 6.92 Å². The van der Waals surface area contributed by atoms with Crippen LogP contribution in [0.2, 0.25) is 0 Å². The molecule has 0 aromatic carbocycles. The van der Waals surface area contributed by atoms with Crippen LogP contribution in [-0.2, 0) is 10.0 Å². The topological polar surface area (TPSA) is 46.2 Å². The molecule has 0 saturated carbocycles. The van der Waals surface area contributed by atoms with Gasteiger partial charge in [-0.15, -0.1) is 22.9 Å². The first-order chi connectivity index (χ1) is 7.36. The van der Waals surface area contributed by atoms with Crippen molar-refractivity contribution in [2.24, 2.45) is 0 Å². The molecule has 1 N–H and O–H groups in total. The number of hydrogen-bond donors (Lipinski definition) is 1. The largest absolute Gasteiger partial charge is 0.241 e. The predicted octanol–water partition coefficient (Wildman–Crippen LogP) is 3.11. The van der Waals surface area contributed by atoms with Crippen molar-refractivity contribution in [1.29, 1.82) is 0 Å². The van der Waals surface area contributed by atoms with Gasteiger partial charge in [0.1, 0.15) is 0 Å². The molecule has 92 valence electrons. The lowest BCUT2D eigenvalue weighted by Crippen LogP contribution is -2.32. The molecule has 0 aliphatic rings. The molecule has 3 nitrogen and oxygen atoms in total. The fraction of sp³-hybridized carbons (Fsp3) is 0.556. The van der Waals surface area contributed by atoms with Gasteiger partial charge in [0.2, 0.25) is 10.0 Å². The summed E-state index contributed by atoms with van der Waals surface area (Å²) in [5, 5.41) is 0. The van der Waals surface area contributed by atoms with Crippen LogP contribution in [-0.4, -0.2) is 20.3 Å². The molecule has 0 amide bonds. The number of aryl methyl sites for hydroxylation is 1. The van der Waals surface area contributed by atoms with Gasteiger partial charge in [0.05, 0.1) is 8.68 Å². The molecule has 1 unspecified atom stereocenters. The highest BCUT2D eigenvalue weighted by atomic mass is 79.9. The van der Waals surface area contributed by atoms with Gasteiger partial charge in [-0.1, -0.05) is 0 Å². The van der Waals surface area contributed by atoms with Crippen LogP contribution in [0.4, 0.5) is 0 Å². The van der Waals surface area contributed by atoms with Crippen LogP contribution in [0.25, 0.3) is 0 Å². The number of sulfonamides is 1. The average Bonchev–Trinajstić information content (AvgIpc) is 2.45. The zero-order valence-corrected chi connectivity index (χ0v) is 12.9. The van der Waals surface area contributed by atoms with E-state index in [2.05, 4.69) is 20.7 Å². The van der Waals surface area contributed by atoms with Gasteiger partial charge < -0.3 is 0 Å². The lowest BCUT2D eigenvalue weighted by Gasteiger charge is -2.12. The Morgan fingerprint density at radius 2 is 2.25 bits per heavy atom. The maximum atomic E-state index is 12.0. The van der Waals surface area contributed by atoms with Crippen LogP contribution in [0.3, 0.4) is 0 Å². The molecule has 0 spiro atoms. The molecule has 7 heteroatoms. The first-order valence-electron chi connectivity index (χ1n) is 4.71. The average molecular weight is 347 g/mol. The van der Waals surface area contributed by atoms with Gasteiger partial charge in [-0.25, -0.2) is 13.1 Å². The van der Waals surface area contributed by atoms with Crippen molar-refractivity contribution in [3.63, 3.8) is 0 Å². The fourth-order valence-corrected chi connectivity index (χ4v) is 5.27. The first kappa shape index (κ1) is 14.4. The van der Waals surface area contributed by atoms with Crippen LogP contribution in [0.15, 0.2) is 14.7 Å². The van der Waals surface area contributed by atoms with Gasteiger partial charge >= 0.3 is 0 Å². The summed E-state index contributed by atoms with van der Waals surface area (Å²) < 4.78 is 27.4. The number of rotatable bonds is 5. The summed E-state index contributed by atoms with van der Waals surface area (Å²) in [4.78, 5) is 1.11. The summed E-state index contributed by atoms with van der Waals surface area (Å²) in [6.07, 6.45) is 0.616. The molecule has 1 aromatic heterocycles. The number of halogens is 2. The van der Waals surface area contributed by atoms with Crippen LogP contribution < -0.4 is 4.72 Å². The lowest BCUT2D eigenvalue weighted by atomic mass is 10.3. The third-order valence-electron chi connectivity index (χ3n) is 2.03. The molecular formula is C9H13BrClNO2S2. The second-order valence-electron chi connectivity index (χ2n) is 3.47. The van der Waals surface area contributed by atoms with Gasteiger partial charge in [-0.2, -0.15) is 0 Å². The Labute approximate surface area is 113 Å². The molecule has 0 aliphatic heterocycles. The Morgan fingerprint density at radius 3 is 2.69 bits per heavy atom. The van der Waals surface area contributed by atoms with E-state index in [1.165, 1.54) is 11.3 Å². The van der Waals surface area contributed by atoms with Crippen molar-refractivity contribution < 1.29 is 8.42 Å². The number of hydrogen-bond acceptors (Lipinski definition) is 3. The summed E-state index contributed by atoms with van der Waals surface area (Å²) in [7, 11) is -3.42. The Hall–Kier alpha value is 0.380. The Bertz CT molecular complexity index is 458. The van der Waals surface area contributed by atoms with E-state index >= 15 is 0 Å². The van der Waals surface area contributed by atoms with E-state index in [4.69, 9.17) is 11.6 Å². The normalized spacial score (nSPS) is 14.0. The van der Waals surface area contributed by atoms with Crippen molar-refractivity contribution >= 4 is 48.9 Å². The first-order valence-corrected chi connectivity index (χ1v) is 8.33. The van der Waals surface area contributed by atoms with Crippen molar-refractivity contribution in [2.75, 3.05) is 5.88 Å². The fourth-order valence-electron chi connectivity index (χ4n) is 1.25. The Morgan fingerprint density at radius 1 is 1.62 bits per heavy atom.